The van der Waals surface area contributed by atoms with Gasteiger partial charge in [0.15, 0.2) is 11.5 Å². The summed E-state index contributed by atoms with van der Waals surface area (Å²) in [7, 11) is 1.37. The molecule has 1 heterocycles. The number of nitro benzene ring substituents is 1. The van der Waals surface area contributed by atoms with Crippen molar-refractivity contribution in [1.29, 1.82) is 0 Å². The fourth-order valence-electron chi connectivity index (χ4n) is 2.53. The SMILES string of the molecule is COc1cc(C=C2SC(=O)N(Cc3ccc([N+](=O)[O-])cc3)C2=O)cc(Cl)c1O. The molecule has 10 heteroatoms. The Hall–Kier alpha value is -3.04. The molecular formula is C18H13ClN2O6S. The molecule has 2 amide bonds. The van der Waals surface area contributed by atoms with Gasteiger partial charge >= 0.3 is 0 Å². The summed E-state index contributed by atoms with van der Waals surface area (Å²) in [6.45, 7) is -0.000341. The van der Waals surface area contributed by atoms with Crippen LogP contribution in [-0.2, 0) is 11.3 Å². The van der Waals surface area contributed by atoms with E-state index in [0.717, 1.165) is 16.7 Å². The van der Waals surface area contributed by atoms with Gasteiger partial charge in [0.2, 0.25) is 0 Å². The van der Waals surface area contributed by atoms with E-state index in [1.165, 1.54) is 49.6 Å². The normalized spacial score (nSPS) is 15.4. The zero-order valence-electron chi connectivity index (χ0n) is 14.4. The molecule has 0 aromatic heterocycles. The molecule has 0 spiro atoms. The fraction of sp³-hybridized carbons (Fsp3) is 0.111. The summed E-state index contributed by atoms with van der Waals surface area (Å²) >= 11 is 6.71. The molecule has 0 aliphatic carbocycles. The van der Waals surface area contributed by atoms with Crippen LogP contribution in [0.3, 0.4) is 0 Å². The van der Waals surface area contributed by atoms with Crippen molar-refractivity contribution in [2.45, 2.75) is 6.54 Å². The summed E-state index contributed by atoms with van der Waals surface area (Å²) in [5.41, 5.74) is 1.000. The minimum Gasteiger partial charge on any atom is -0.503 e. The van der Waals surface area contributed by atoms with Crippen LogP contribution in [-0.4, -0.2) is 33.2 Å². The number of phenols is 1. The van der Waals surface area contributed by atoms with Crippen molar-refractivity contribution < 1.29 is 24.4 Å². The molecule has 2 aromatic carbocycles. The van der Waals surface area contributed by atoms with E-state index in [0.29, 0.717) is 11.1 Å². The molecule has 1 N–H and O–H groups in total. The van der Waals surface area contributed by atoms with E-state index in [-0.39, 0.29) is 33.7 Å². The average molecular weight is 421 g/mol. The molecule has 2 aromatic rings. The Kier molecular flexibility index (Phi) is 5.57. The number of methoxy groups -OCH3 is 1. The Balaban J connectivity index is 1.82. The number of hydrogen-bond acceptors (Lipinski definition) is 7. The number of halogens is 1. The van der Waals surface area contributed by atoms with E-state index in [2.05, 4.69) is 0 Å². The van der Waals surface area contributed by atoms with Crippen molar-refractivity contribution >= 4 is 46.3 Å². The molecule has 1 aliphatic rings. The number of nitro groups is 1. The zero-order valence-corrected chi connectivity index (χ0v) is 16.0. The molecule has 1 saturated heterocycles. The van der Waals surface area contributed by atoms with Gasteiger partial charge in [-0.2, -0.15) is 0 Å². The molecule has 144 valence electrons. The highest BCUT2D eigenvalue weighted by Crippen LogP contribution is 2.38. The molecule has 1 aliphatic heterocycles. The molecular weight excluding hydrogens is 408 g/mol. The molecule has 0 saturated carbocycles. The third-order valence-electron chi connectivity index (χ3n) is 3.93. The Morgan fingerprint density at radius 2 is 1.96 bits per heavy atom. The number of phenolic OH excluding ortho intramolecular Hbond substituents is 1. The largest absolute Gasteiger partial charge is 0.503 e. The Morgan fingerprint density at radius 1 is 1.29 bits per heavy atom. The third kappa shape index (κ3) is 3.95. The number of imide groups is 1. The van der Waals surface area contributed by atoms with Crippen molar-refractivity contribution in [3.05, 3.63) is 67.6 Å². The van der Waals surface area contributed by atoms with Crippen LogP contribution in [0, 0.1) is 10.1 Å². The number of hydrogen-bond donors (Lipinski definition) is 1. The van der Waals surface area contributed by atoms with E-state index in [4.69, 9.17) is 16.3 Å². The van der Waals surface area contributed by atoms with E-state index in [1.54, 1.807) is 0 Å². The van der Waals surface area contributed by atoms with Crippen LogP contribution in [0.2, 0.25) is 5.02 Å². The third-order valence-corrected chi connectivity index (χ3v) is 5.13. The van der Waals surface area contributed by atoms with Crippen molar-refractivity contribution in [1.82, 2.24) is 4.90 Å². The number of nitrogens with zero attached hydrogens (tertiary/aromatic N) is 2. The number of carbonyl (C=O) groups is 2. The molecule has 0 unspecified atom stereocenters. The first-order chi connectivity index (χ1) is 13.3. The van der Waals surface area contributed by atoms with E-state index in [9.17, 15) is 24.8 Å². The summed E-state index contributed by atoms with van der Waals surface area (Å²) in [6, 6.07) is 8.56. The molecule has 3 rings (SSSR count). The summed E-state index contributed by atoms with van der Waals surface area (Å²) in [4.78, 5) is 36.3. The highest BCUT2D eigenvalue weighted by atomic mass is 35.5. The predicted octanol–water partition coefficient (Wildman–Crippen LogP) is 4.20. The summed E-state index contributed by atoms with van der Waals surface area (Å²) in [5.74, 6) is -0.562. The minimum atomic E-state index is -0.524. The molecule has 28 heavy (non-hydrogen) atoms. The minimum absolute atomic E-state index is 0.000341. The quantitative estimate of drug-likeness (QED) is 0.438. The van der Waals surface area contributed by atoms with Crippen LogP contribution >= 0.6 is 23.4 Å². The van der Waals surface area contributed by atoms with E-state index >= 15 is 0 Å². The lowest BCUT2D eigenvalue weighted by Gasteiger charge is -2.12. The number of benzene rings is 2. The van der Waals surface area contributed by atoms with Crippen LogP contribution in [0.5, 0.6) is 11.5 Å². The second kappa shape index (κ2) is 7.91. The van der Waals surface area contributed by atoms with Gasteiger partial charge in [-0.05, 0) is 41.1 Å². The van der Waals surface area contributed by atoms with Gasteiger partial charge in [0.05, 0.1) is 28.5 Å². The van der Waals surface area contributed by atoms with Crippen LogP contribution < -0.4 is 4.74 Å². The number of carbonyl (C=O) groups excluding carboxylic acids is 2. The smallest absolute Gasteiger partial charge is 0.293 e. The average Bonchev–Trinajstić information content (AvgIpc) is 2.92. The van der Waals surface area contributed by atoms with Crippen molar-refractivity contribution in [2.75, 3.05) is 7.11 Å². The van der Waals surface area contributed by atoms with Gasteiger partial charge in [0.25, 0.3) is 16.8 Å². The first-order valence-electron chi connectivity index (χ1n) is 7.85. The van der Waals surface area contributed by atoms with E-state index in [1.807, 2.05) is 0 Å². The number of ether oxygens (including phenoxy) is 1. The van der Waals surface area contributed by atoms with E-state index < -0.39 is 16.1 Å². The molecule has 0 atom stereocenters. The van der Waals surface area contributed by atoms with Crippen LogP contribution in [0.25, 0.3) is 6.08 Å². The number of non-ortho nitro benzene ring substituents is 1. The summed E-state index contributed by atoms with van der Waals surface area (Å²) in [5, 5.41) is 20.1. The van der Waals surface area contributed by atoms with Gasteiger partial charge in [-0.25, -0.2) is 0 Å². The van der Waals surface area contributed by atoms with Gasteiger partial charge in [0, 0.05) is 12.1 Å². The molecule has 0 radical (unpaired) electrons. The number of amides is 2. The Labute approximate surface area is 168 Å². The van der Waals surface area contributed by atoms with Crippen molar-refractivity contribution in [3.8, 4) is 11.5 Å². The standard InChI is InChI=1S/C18H13ClN2O6S/c1-27-14-7-11(6-13(19)16(14)22)8-15-17(23)20(18(24)28-15)9-10-2-4-12(5-3-10)21(25)26/h2-8,22H,9H2,1H3. The summed E-state index contributed by atoms with van der Waals surface area (Å²) < 4.78 is 5.02. The number of thioether (sulfide) groups is 1. The topological polar surface area (TPSA) is 110 Å². The Bertz CT molecular complexity index is 1010. The fourth-order valence-corrected chi connectivity index (χ4v) is 3.58. The first kappa shape index (κ1) is 19.7. The second-order valence-electron chi connectivity index (χ2n) is 5.75. The van der Waals surface area contributed by atoms with Gasteiger partial charge in [-0.3, -0.25) is 24.6 Å². The monoisotopic (exact) mass is 420 g/mol. The summed E-state index contributed by atoms with van der Waals surface area (Å²) in [6.07, 6.45) is 1.48. The van der Waals surface area contributed by atoms with Crippen molar-refractivity contribution in [3.63, 3.8) is 0 Å². The highest BCUT2D eigenvalue weighted by molar-refractivity contribution is 8.18. The maximum absolute atomic E-state index is 12.6. The predicted molar refractivity (Wildman–Crippen MR) is 104 cm³/mol. The van der Waals surface area contributed by atoms with Gasteiger partial charge in [-0.15, -0.1) is 0 Å². The molecule has 8 nitrogen and oxygen atoms in total. The first-order valence-corrected chi connectivity index (χ1v) is 9.05. The Morgan fingerprint density at radius 3 is 2.57 bits per heavy atom. The maximum atomic E-state index is 12.6. The lowest BCUT2D eigenvalue weighted by Crippen LogP contribution is -2.27. The highest BCUT2D eigenvalue weighted by Gasteiger charge is 2.35. The molecule has 0 bridgehead atoms. The lowest BCUT2D eigenvalue weighted by atomic mass is 10.1. The maximum Gasteiger partial charge on any atom is 0.293 e. The van der Waals surface area contributed by atoms with Crippen molar-refractivity contribution in [2.24, 2.45) is 0 Å². The van der Waals surface area contributed by atoms with Gasteiger partial charge < -0.3 is 9.84 Å². The second-order valence-corrected chi connectivity index (χ2v) is 7.15. The van der Waals surface area contributed by atoms with Crippen LogP contribution in [0.1, 0.15) is 11.1 Å². The van der Waals surface area contributed by atoms with Gasteiger partial charge in [0.1, 0.15) is 0 Å². The van der Waals surface area contributed by atoms with Crippen LogP contribution in [0.15, 0.2) is 41.3 Å². The van der Waals surface area contributed by atoms with Gasteiger partial charge in [-0.1, -0.05) is 23.7 Å². The molecule has 1 fully saturated rings. The lowest BCUT2D eigenvalue weighted by molar-refractivity contribution is -0.384. The van der Waals surface area contributed by atoms with Crippen LogP contribution in [0.4, 0.5) is 10.5 Å². The number of rotatable bonds is 5. The number of aromatic hydroxyl groups is 1. The zero-order chi connectivity index (χ0) is 20.4.